The number of ether oxygens (including phenoxy) is 1. The molecular weight excluding hydrogens is 360 g/mol. The summed E-state index contributed by atoms with van der Waals surface area (Å²) in [5.74, 6) is -5.30. The predicted octanol–water partition coefficient (Wildman–Crippen LogP) is 2.38. The van der Waals surface area contributed by atoms with Crippen LogP contribution in [0.15, 0.2) is 42.5 Å². The number of benzene rings is 2. The number of hydrogen-bond donors (Lipinski definition) is 0. The Balaban J connectivity index is 1.66. The van der Waals surface area contributed by atoms with Gasteiger partial charge in [0.15, 0.2) is 24.0 Å². The van der Waals surface area contributed by atoms with Crippen LogP contribution >= 0.6 is 0 Å². The lowest BCUT2D eigenvalue weighted by atomic mass is 10.1. The Morgan fingerprint density at radius 2 is 1.59 bits per heavy atom. The Kier molecular flexibility index (Phi) is 4.81. The number of nitrogens with zero attached hydrogens (tertiary/aromatic N) is 1. The monoisotopic (exact) mass is 373 g/mol. The van der Waals surface area contributed by atoms with Crippen molar-refractivity contribution in [1.82, 2.24) is 4.90 Å². The van der Waals surface area contributed by atoms with E-state index in [0.29, 0.717) is 6.07 Å². The second-order valence-corrected chi connectivity index (χ2v) is 5.86. The van der Waals surface area contributed by atoms with Crippen molar-refractivity contribution in [3.63, 3.8) is 0 Å². The fourth-order valence-corrected chi connectivity index (χ4v) is 2.68. The minimum atomic E-state index is -1.25. The van der Waals surface area contributed by atoms with E-state index in [1.807, 2.05) is 0 Å². The van der Waals surface area contributed by atoms with Gasteiger partial charge in [0.2, 0.25) is 0 Å². The van der Waals surface area contributed by atoms with Crippen molar-refractivity contribution >= 4 is 23.6 Å². The lowest BCUT2D eigenvalue weighted by Gasteiger charge is -2.20. The van der Waals surface area contributed by atoms with Gasteiger partial charge in [-0.2, -0.15) is 0 Å². The number of Topliss-reactive ketones (excluding diaryl/α,β-unsaturated/α-hetero) is 1. The van der Waals surface area contributed by atoms with Gasteiger partial charge < -0.3 is 4.74 Å². The van der Waals surface area contributed by atoms with Crippen LogP contribution in [-0.4, -0.2) is 41.1 Å². The minimum Gasteiger partial charge on any atom is -0.456 e. The standard InChI is InChI=1S/C19H13F2NO5/c1-10(22-17(24)12-4-2-3-5-13(12)18(22)25)19(26)27-9-16(23)11-6-7-14(20)15(21)8-11/h2-8,10H,9H2,1H3/t10-/m0/s1. The number of amides is 2. The van der Waals surface area contributed by atoms with Gasteiger partial charge in [-0.25, -0.2) is 13.6 Å². The van der Waals surface area contributed by atoms with Crippen molar-refractivity contribution in [1.29, 1.82) is 0 Å². The van der Waals surface area contributed by atoms with Crippen LogP contribution in [0.1, 0.15) is 38.0 Å². The first-order valence-corrected chi connectivity index (χ1v) is 7.93. The maximum atomic E-state index is 13.2. The van der Waals surface area contributed by atoms with Crippen LogP contribution in [0.25, 0.3) is 0 Å². The molecule has 0 N–H and O–H groups in total. The Hall–Kier alpha value is -3.42. The normalized spacial score (nSPS) is 14.1. The molecule has 138 valence electrons. The van der Waals surface area contributed by atoms with Crippen LogP contribution in [0.5, 0.6) is 0 Å². The van der Waals surface area contributed by atoms with Gasteiger partial charge in [0.25, 0.3) is 11.8 Å². The van der Waals surface area contributed by atoms with E-state index in [2.05, 4.69) is 0 Å². The molecule has 0 saturated carbocycles. The third kappa shape index (κ3) is 3.33. The molecule has 0 bridgehead atoms. The lowest BCUT2D eigenvalue weighted by Crippen LogP contribution is -2.44. The molecule has 0 spiro atoms. The predicted molar refractivity (Wildman–Crippen MR) is 88.1 cm³/mol. The summed E-state index contributed by atoms with van der Waals surface area (Å²) in [5, 5.41) is 0. The number of rotatable bonds is 5. The fourth-order valence-electron chi connectivity index (χ4n) is 2.68. The highest BCUT2D eigenvalue weighted by molar-refractivity contribution is 6.22. The molecule has 3 rings (SSSR count). The van der Waals surface area contributed by atoms with Crippen LogP contribution < -0.4 is 0 Å². The highest BCUT2D eigenvalue weighted by Gasteiger charge is 2.41. The minimum absolute atomic E-state index is 0.171. The van der Waals surface area contributed by atoms with Crippen molar-refractivity contribution in [2.24, 2.45) is 0 Å². The number of carbonyl (C=O) groups excluding carboxylic acids is 4. The van der Waals surface area contributed by atoms with Crippen molar-refractivity contribution in [2.75, 3.05) is 6.61 Å². The summed E-state index contributed by atoms with van der Waals surface area (Å²) in [7, 11) is 0. The van der Waals surface area contributed by atoms with Gasteiger partial charge in [-0.1, -0.05) is 12.1 Å². The number of hydrogen-bond acceptors (Lipinski definition) is 5. The second kappa shape index (κ2) is 7.06. The summed E-state index contributed by atoms with van der Waals surface area (Å²) in [4.78, 5) is 49.6. The number of halogens is 2. The van der Waals surface area contributed by atoms with Crippen LogP contribution in [0.2, 0.25) is 0 Å². The maximum absolute atomic E-state index is 13.2. The Morgan fingerprint density at radius 3 is 2.15 bits per heavy atom. The Bertz CT molecular complexity index is 937. The molecule has 2 aromatic carbocycles. The van der Waals surface area contributed by atoms with Crippen molar-refractivity contribution in [2.45, 2.75) is 13.0 Å². The number of fused-ring (bicyclic) bond motifs is 1. The van der Waals surface area contributed by atoms with E-state index < -0.39 is 47.9 Å². The summed E-state index contributed by atoms with van der Waals surface area (Å²) < 4.78 is 30.9. The molecule has 0 aliphatic carbocycles. The van der Waals surface area contributed by atoms with Gasteiger partial charge in [0.1, 0.15) is 6.04 Å². The van der Waals surface area contributed by atoms with E-state index in [1.54, 1.807) is 12.1 Å². The molecule has 2 aromatic rings. The van der Waals surface area contributed by atoms with E-state index in [4.69, 9.17) is 4.74 Å². The molecule has 0 aromatic heterocycles. The Labute approximate surface area is 152 Å². The molecule has 0 fully saturated rings. The molecule has 2 amide bonds. The van der Waals surface area contributed by atoms with Crippen molar-refractivity contribution in [3.8, 4) is 0 Å². The summed E-state index contributed by atoms with van der Waals surface area (Å²) in [5.41, 5.74) is 0.190. The average molecular weight is 373 g/mol. The Morgan fingerprint density at radius 1 is 1.00 bits per heavy atom. The van der Waals surface area contributed by atoms with E-state index >= 15 is 0 Å². The molecule has 0 unspecified atom stereocenters. The molecule has 6 nitrogen and oxygen atoms in total. The molecule has 0 radical (unpaired) electrons. The zero-order chi connectivity index (χ0) is 19.7. The van der Waals surface area contributed by atoms with E-state index in [0.717, 1.165) is 17.0 Å². The van der Waals surface area contributed by atoms with E-state index in [-0.39, 0.29) is 16.7 Å². The number of carbonyl (C=O) groups is 4. The SMILES string of the molecule is C[C@@H](C(=O)OCC(=O)c1ccc(F)c(F)c1)N1C(=O)c2ccccc2C1=O. The molecule has 27 heavy (non-hydrogen) atoms. The van der Waals surface area contributed by atoms with Crippen LogP contribution in [0.3, 0.4) is 0 Å². The topological polar surface area (TPSA) is 80.8 Å². The van der Waals surface area contributed by atoms with Crippen LogP contribution in [0, 0.1) is 11.6 Å². The zero-order valence-electron chi connectivity index (χ0n) is 14.1. The summed E-state index contributed by atoms with van der Waals surface area (Å²) in [6.07, 6.45) is 0. The number of ketones is 1. The fraction of sp³-hybridized carbons (Fsp3) is 0.158. The first-order valence-electron chi connectivity index (χ1n) is 7.93. The summed E-state index contributed by atoms with van der Waals surface area (Å²) in [6.45, 7) is 0.559. The number of esters is 1. The average Bonchev–Trinajstić information content (AvgIpc) is 2.92. The third-order valence-electron chi connectivity index (χ3n) is 4.14. The molecule has 1 aliphatic heterocycles. The highest BCUT2D eigenvalue weighted by atomic mass is 19.2. The molecule has 0 saturated heterocycles. The van der Waals surface area contributed by atoms with Crippen molar-refractivity contribution in [3.05, 3.63) is 70.8 Å². The molecule has 1 heterocycles. The third-order valence-corrected chi connectivity index (χ3v) is 4.14. The van der Waals surface area contributed by atoms with Gasteiger partial charge in [-0.05, 0) is 37.3 Å². The second-order valence-electron chi connectivity index (χ2n) is 5.86. The first-order chi connectivity index (χ1) is 12.8. The molecule has 8 heteroatoms. The van der Waals surface area contributed by atoms with Gasteiger partial charge in [0, 0.05) is 5.56 Å². The maximum Gasteiger partial charge on any atom is 0.329 e. The smallest absolute Gasteiger partial charge is 0.329 e. The van der Waals surface area contributed by atoms with E-state index in [1.165, 1.54) is 19.1 Å². The quantitative estimate of drug-likeness (QED) is 0.457. The highest BCUT2D eigenvalue weighted by Crippen LogP contribution is 2.24. The lowest BCUT2D eigenvalue weighted by molar-refractivity contribution is -0.146. The largest absolute Gasteiger partial charge is 0.456 e. The van der Waals surface area contributed by atoms with Crippen molar-refractivity contribution < 1.29 is 32.7 Å². The van der Waals surface area contributed by atoms with E-state index in [9.17, 15) is 28.0 Å². The van der Waals surface area contributed by atoms with Crippen LogP contribution in [0.4, 0.5) is 8.78 Å². The van der Waals surface area contributed by atoms with Crippen LogP contribution in [-0.2, 0) is 9.53 Å². The molecule has 1 atom stereocenters. The number of imide groups is 1. The summed E-state index contributed by atoms with van der Waals surface area (Å²) in [6, 6.07) is 7.41. The zero-order valence-corrected chi connectivity index (χ0v) is 14.1. The first kappa shape index (κ1) is 18.4. The molecule has 1 aliphatic rings. The summed E-state index contributed by atoms with van der Waals surface area (Å²) >= 11 is 0. The van der Waals surface area contributed by atoms with Gasteiger partial charge in [-0.3, -0.25) is 19.3 Å². The van der Waals surface area contributed by atoms with Gasteiger partial charge in [-0.15, -0.1) is 0 Å². The molecular formula is C19H13F2NO5. The van der Waals surface area contributed by atoms with Gasteiger partial charge >= 0.3 is 5.97 Å². The van der Waals surface area contributed by atoms with Gasteiger partial charge in [0.05, 0.1) is 11.1 Å².